The lowest BCUT2D eigenvalue weighted by Crippen LogP contribution is -2.39. The van der Waals surface area contributed by atoms with Crippen molar-refractivity contribution in [3.8, 4) is 10.6 Å². The van der Waals surface area contributed by atoms with Crippen molar-refractivity contribution in [2.24, 2.45) is 5.92 Å². The predicted octanol–water partition coefficient (Wildman–Crippen LogP) is 4.39. The Kier molecular flexibility index (Phi) is 5.61. The first-order valence-electron chi connectivity index (χ1n) is 9.04. The SMILES string of the molecule is CC(C)Cc1ncc(-c2cncc([C@@H]3CCCN(C(C)C)C3)n2)s1. The van der Waals surface area contributed by atoms with Gasteiger partial charge >= 0.3 is 0 Å². The maximum absolute atomic E-state index is 4.93. The van der Waals surface area contributed by atoms with E-state index in [0.29, 0.717) is 17.9 Å². The van der Waals surface area contributed by atoms with Gasteiger partial charge in [0, 0.05) is 37.3 Å². The third-order valence-electron chi connectivity index (χ3n) is 4.64. The lowest BCUT2D eigenvalue weighted by atomic mass is 9.94. The van der Waals surface area contributed by atoms with Gasteiger partial charge in [0.15, 0.2) is 0 Å². The second-order valence-electron chi connectivity index (χ2n) is 7.47. The number of piperidine rings is 1. The Bertz CT molecular complexity index is 665. The molecule has 24 heavy (non-hydrogen) atoms. The van der Waals surface area contributed by atoms with E-state index in [2.05, 4.69) is 42.6 Å². The lowest BCUT2D eigenvalue weighted by Gasteiger charge is -2.35. The van der Waals surface area contributed by atoms with Crippen molar-refractivity contribution in [2.45, 2.75) is 58.9 Å². The number of hydrogen-bond acceptors (Lipinski definition) is 5. The standard InChI is InChI=1S/C19H28N4S/c1-13(2)8-19-21-11-18(24-19)17-10-20-9-16(22-17)15-6-5-7-23(12-15)14(3)4/h9-11,13-15H,5-8,12H2,1-4H3/t15-/m1/s1. The molecule has 4 nitrogen and oxygen atoms in total. The van der Waals surface area contributed by atoms with Crippen LogP contribution in [0, 0.1) is 5.92 Å². The number of nitrogens with zero attached hydrogens (tertiary/aromatic N) is 4. The lowest BCUT2D eigenvalue weighted by molar-refractivity contribution is 0.166. The molecular weight excluding hydrogens is 316 g/mol. The van der Waals surface area contributed by atoms with Crippen LogP contribution in [0.4, 0.5) is 0 Å². The zero-order valence-corrected chi connectivity index (χ0v) is 16.0. The first-order chi connectivity index (χ1) is 11.5. The minimum Gasteiger partial charge on any atom is -0.300 e. The number of rotatable bonds is 5. The average Bonchev–Trinajstić information content (AvgIpc) is 3.03. The van der Waals surface area contributed by atoms with Crippen LogP contribution < -0.4 is 0 Å². The highest BCUT2D eigenvalue weighted by atomic mass is 32.1. The van der Waals surface area contributed by atoms with E-state index in [1.165, 1.54) is 24.4 Å². The molecule has 1 fully saturated rings. The van der Waals surface area contributed by atoms with Crippen molar-refractivity contribution in [3.05, 3.63) is 29.3 Å². The minimum absolute atomic E-state index is 0.497. The molecule has 3 heterocycles. The molecule has 1 aliphatic heterocycles. The second-order valence-corrected chi connectivity index (χ2v) is 8.59. The molecule has 2 aromatic heterocycles. The predicted molar refractivity (Wildman–Crippen MR) is 100 cm³/mol. The van der Waals surface area contributed by atoms with Gasteiger partial charge in [-0.15, -0.1) is 11.3 Å². The van der Waals surface area contributed by atoms with Gasteiger partial charge in [0.05, 0.1) is 21.8 Å². The summed E-state index contributed by atoms with van der Waals surface area (Å²) in [5.41, 5.74) is 2.11. The summed E-state index contributed by atoms with van der Waals surface area (Å²) in [7, 11) is 0. The van der Waals surface area contributed by atoms with E-state index < -0.39 is 0 Å². The molecule has 0 N–H and O–H groups in total. The second kappa shape index (κ2) is 7.70. The van der Waals surface area contributed by atoms with Gasteiger partial charge < -0.3 is 4.90 Å². The third kappa shape index (κ3) is 4.19. The van der Waals surface area contributed by atoms with Crippen molar-refractivity contribution in [1.29, 1.82) is 0 Å². The van der Waals surface area contributed by atoms with Crippen molar-refractivity contribution in [1.82, 2.24) is 19.9 Å². The van der Waals surface area contributed by atoms with Crippen LogP contribution in [0.25, 0.3) is 10.6 Å². The molecule has 1 aliphatic rings. The van der Waals surface area contributed by atoms with E-state index in [1.54, 1.807) is 11.3 Å². The Hall–Kier alpha value is -1.33. The maximum Gasteiger partial charge on any atom is 0.100 e. The van der Waals surface area contributed by atoms with E-state index in [-0.39, 0.29) is 0 Å². The van der Waals surface area contributed by atoms with Crippen LogP contribution in [0.1, 0.15) is 57.2 Å². The first kappa shape index (κ1) is 17.5. The van der Waals surface area contributed by atoms with E-state index in [1.807, 2.05) is 18.6 Å². The van der Waals surface area contributed by atoms with E-state index >= 15 is 0 Å². The Labute approximate surface area is 149 Å². The Morgan fingerprint density at radius 3 is 2.79 bits per heavy atom. The fourth-order valence-corrected chi connectivity index (χ4v) is 4.37. The number of aromatic nitrogens is 3. The van der Waals surface area contributed by atoms with E-state index in [4.69, 9.17) is 4.98 Å². The van der Waals surface area contributed by atoms with Crippen molar-refractivity contribution < 1.29 is 0 Å². The molecule has 5 heteroatoms. The summed E-state index contributed by atoms with van der Waals surface area (Å²) in [4.78, 5) is 17.6. The fraction of sp³-hybridized carbons (Fsp3) is 0.632. The zero-order valence-electron chi connectivity index (χ0n) is 15.2. The molecule has 0 aromatic carbocycles. The van der Waals surface area contributed by atoms with Gasteiger partial charge in [-0.2, -0.15) is 0 Å². The molecule has 0 aliphatic carbocycles. The van der Waals surface area contributed by atoms with E-state index in [0.717, 1.165) is 29.2 Å². The number of hydrogen-bond donors (Lipinski definition) is 0. The van der Waals surface area contributed by atoms with Gasteiger partial charge in [0.2, 0.25) is 0 Å². The molecule has 2 aromatic rings. The highest BCUT2D eigenvalue weighted by Gasteiger charge is 2.24. The van der Waals surface area contributed by atoms with Gasteiger partial charge in [0.25, 0.3) is 0 Å². The molecule has 3 rings (SSSR count). The summed E-state index contributed by atoms with van der Waals surface area (Å²) in [6.07, 6.45) is 9.27. The van der Waals surface area contributed by atoms with Gasteiger partial charge in [-0.25, -0.2) is 9.97 Å². The van der Waals surface area contributed by atoms with Crippen LogP contribution in [0.2, 0.25) is 0 Å². The highest BCUT2D eigenvalue weighted by Crippen LogP contribution is 2.30. The molecule has 1 atom stereocenters. The molecular formula is C19H28N4S. The summed E-state index contributed by atoms with van der Waals surface area (Å²) >= 11 is 1.75. The molecule has 0 radical (unpaired) electrons. The summed E-state index contributed by atoms with van der Waals surface area (Å²) in [5, 5.41) is 1.19. The molecule has 1 saturated heterocycles. The summed E-state index contributed by atoms with van der Waals surface area (Å²) in [5.74, 6) is 1.13. The monoisotopic (exact) mass is 344 g/mol. The third-order valence-corrected chi connectivity index (χ3v) is 5.69. The van der Waals surface area contributed by atoms with Crippen molar-refractivity contribution in [2.75, 3.05) is 13.1 Å². The molecule has 130 valence electrons. The van der Waals surface area contributed by atoms with Gasteiger partial charge in [0.1, 0.15) is 5.69 Å². The smallest absolute Gasteiger partial charge is 0.100 e. The quantitative estimate of drug-likeness (QED) is 0.807. The maximum atomic E-state index is 4.93. The minimum atomic E-state index is 0.497. The topological polar surface area (TPSA) is 41.9 Å². The van der Waals surface area contributed by atoms with Crippen LogP contribution in [-0.2, 0) is 6.42 Å². The Morgan fingerprint density at radius 1 is 1.21 bits per heavy atom. The number of thiazole rings is 1. The largest absolute Gasteiger partial charge is 0.300 e. The molecule has 0 amide bonds. The Balaban J connectivity index is 1.77. The highest BCUT2D eigenvalue weighted by molar-refractivity contribution is 7.15. The van der Waals surface area contributed by atoms with Crippen LogP contribution in [-0.4, -0.2) is 39.0 Å². The average molecular weight is 345 g/mol. The van der Waals surface area contributed by atoms with Crippen LogP contribution in [0.15, 0.2) is 18.6 Å². The summed E-state index contributed by atoms with van der Waals surface area (Å²) in [6.45, 7) is 11.3. The summed E-state index contributed by atoms with van der Waals surface area (Å²) in [6, 6.07) is 0.601. The molecule has 0 unspecified atom stereocenters. The molecule has 0 spiro atoms. The van der Waals surface area contributed by atoms with E-state index in [9.17, 15) is 0 Å². The van der Waals surface area contributed by atoms with Gasteiger partial charge in [-0.05, 0) is 39.2 Å². The van der Waals surface area contributed by atoms with Crippen molar-refractivity contribution >= 4 is 11.3 Å². The zero-order chi connectivity index (χ0) is 17.1. The molecule has 0 bridgehead atoms. The number of likely N-dealkylation sites (tertiary alicyclic amines) is 1. The van der Waals surface area contributed by atoms with Gasteiger partial charge in [-0.1, -0.05) is 13.8 Å². The fourth-order valence-electron chi connectivity index (χ4n) is 3.29. The van der Waals surface area contributed by atoms with Crippen molar-refractivity contribution in [3.63, 3.8) is 0 Å². The molecule has 0 saturated carbocycles. The summed E-state index contributed by atoms with van der Waals surface area (Å²) < 4.78 is 0. The van der Waals surface area contributed by atoms with Crippen LogP contribution >= 0.6 is 11.3 Å². The normalized spacial score (nSPS) is 19.3. The van der Waals surface area contributed by atoms with Gasteiger partial charge in [-0.3, -0.25) is 4.98 Å². The Morgan fingerprint density at radius 2 is 2.04 bits per heavy atom. The first-order valence-corrected chi connectivity index (χ1v) is 9.85. The van der Waals surface area contributed by atoms with Crippen LogP contribution in [0.5, 0.6) is 0 Å². The van der Waals surface area contributed by atoms with Crippen LogP contribution in [0.3, 0.4) is 0 Å².